The molecule has 88 valence electrons. The summed E-state index contributed by atoms with van der Waals surface area (Å²) < 4.78 is 0. The third-order valence-electron chi connectivity index (χ3n) is 2.61. The highest BCUT2D eigenvalue weighted by Crippen LogP contribution is 2.29. The maximum absolute atomic E-state index is 11.4. The Hall–Kier alpha value is -2.37. The first-order chi connectivity index (χ1) is 7.99. The van der Waals surface area contributed by atoms with E-state index in [4.69, 9.17) is 5.11 Å². The number of likely N-dealkylation sites (N-methyl/N-ethyl adjacent to an activating group) is 1. The Kier molecular flexibility index (Phi) is 2.55. The minimum absolute atomic E-state index is 0.0262. The van der Waals surface area contributed by atoms with E-state index in [0.717, 1.165) is 11.3 Å². The molecule has 1 aromatic rings. The van der Waals surface area contributed by atoms with Crippen LogP contribution >= 0.6 is 0 Å². The van der Waals surface area contributed by atoms with Crippen LogP contribution < -0.4 is 10.2 Å². The molecule has 0 atom stereocenters. The van der Waals surface area contributed by atoms with Gasteiger partial charge < -0.3 is 15.3 Å². The Morgan fingerprint density at radius 1 is 1.41 bits per heavy atom. The monoisotopic (exact) mass is 234 g/mol. The van der Waals surface area contributed by atoms with Crippen LogP contribution in [-0.2, 0) is 20.8 Å². The number of nitrogens with zero attached hydrogens (tertiary/aromatic N) is 1. The molecule has 0 bridgehead atoms. The lowest BCUT2D eigenvalue weighted by atomic mass is 10.1. The highest BCUT2D eigenvalue weighted by Gasteiger charge is 2.24. The van der Waals surface area contributed by atoms with Gasteiger partial charge in [-0.3, -0.25) is 9.59 Å². The van der Waals surface area contributed by atoms with Crippen LogP contribution in [0.2, 0.25) is 0 Å². The third-order valence-corrected chi connectivity index (χ3v) is 2.61. The van der Waals surface area contributed by atoms with Crippen molar-refractivity contribution in [2.75, 3.05) is 17.3 Å². The fourth-order valence-corrected chi connectivity index (χ4v) is 1.73. The van der Waals surface area contributed by atoms with Crippen LogP contribution in [0.4, 0.5) is 11.4 Å². The first kappa shape index (κ1) is 11.1. The van der Waals surface area contributed by atoms with Crippen molar-refractivity contribution >= 4 is 29.2 Å². The second-order valence-corrected chi connectivity index (χ2v) is 3.73. The number of hydrogen-bond acceptors (Lipinski definition) is 3. The van der Waals surface area contributed by atoms with Gasteiger partial charge >= 0.3 is 11.9 Å². The van der Waals surface area contributed by atoms with Gasteiger partial charge in [-0.05, 0) is 23.8 Å². The molecule has 0 aliphatic carbocycles. The van der Waals surface area contributed by atoms with Crippen LogP contribution in [0.25, 0.3) is 0 Å². The van der Waals surface area contributed by atoms with Gasteiger partial charge in [0.2, 0.25) is 5.91 Å². The number of carbonyl (C=O) groups excluding carboxylic acids is 2. The van der Waals surface area contributed by atoms with Crippen molar-refractivity contribution in [1.82, 2.24) is 0 Å². The molecule has 1 aliphatic heterocycles. The summed E-state index contributed by atoms with van der Waals surface area (Å²) >= 11 is 0. The number of anilines is 2. The SMILES string of the molecule is CN1C(=O)Cc2cc(NC(=O)C(=O)O)ccc21. The zero-order valence-electron chi connectivity index (χ0n) is 9.06. The first-order valence-electron chi connectivity index (χ1n) is 4.93. The first-order valence-corrected chi connectivity index (χ1v) is 4.93. The van der Waals surface area contributed by atoms with E-state index in [1.54, 1.807) is 25.2 Å². The summed E-state index contributed by atoms with van der Waals surface area (Å²) in [4.78, 5) is 34.3. The number of carbonyl (C=O) groups is 3. The lowest BCUT2D eigenvalue weighted by molar-refractivity contribution is -0.147. The summed E-state index contributed by atoms with van der Waals surface area (Å²) in [7, 11) is 1.67. The molecule has 0 unspecified atom stereocenters. The summed E-state index contributed by atoms with van der Waals surface area (Å²) in [5.41, 5.74) is 1.93. The minimum atomic E-state index is -1.54. The van der Waals surface area contributed by atoms with Gasteiger partial charge in [-0.25, -0.2) is 4.79 Å². The number of aliphatic carboxylic acids is 1. The number of hydrogen-bond donors (Lipinski definition) is 2. The van der Waals surface area contributed by atoms with E-state index in [0.29, 0.717) is 5.69 Å². The Balaban J connectivity index is 2.25. The van der Waals surface area contributed by atoms with Crippen LogP contribution in [0.3, 0.4) is 0 Å². The molecule has 1 heterocycles. The van der Waals surface area contributed by atoms with E-state index >= 15 is 0 Å². The van der Waals surface area contributed by atoms with E-state index in [1.165, 1.54) is 4.90 Å². The second kappa shape index (κ2) is 3.89. The van der Waals surface area contributed by atoms with Crippen molar-refractivity contribution in [3.63, 3.8) is 0 Å². The minimum Gasteiger partial charge on any atom is -0.474 e. The average molecular weight is 234 g/mol. The van der Waals surface area contributed by atoms with Crippen LogP contribution in [0.15, 0.2) is 18.2 Å². The number of carboxylic acid groups (broad SMARTS) is 1. The van der Waals surface area contributed by atoms with Crippen molar-refractivity contribution in [3.8, 4) is 0 Å². The normalized spacial score (nSPS) is 13.5. The fraction of sp³-hybridized carbons (Fsp3) is 0.182. The van der Waals surface area contributed by atoms with Gasteiger partial charge in [-0.2, -0.15) is 0 Å². The van der Waals surface area contributed by atoms with Crippen molar-refractivity contribution in [2.45, 2.75) is 6.42 Å². The summed E-state index contributed by atoms with van der Waals surface area (Å²) in [6.45, 7) is 0. The molecule has 2 amide bonds. The standard InChI is InChI=1S/C11H10N2O4/c1-13-8-3-2-7(12-10(15)11(16)17)4-6(8)5-9(13)14/h2-4H,5H2,1H3,(H,12,15)(H,16,17). The van der Waals surface area contributed by atoms with Gasteiger partial charge in [-0.1, -0.05) is 0 Å². The molecule has 2 N–H and O–H groups in total. The number of fused-ring (bicyclic) bond motifs is 1. The highest BCUT2D eigenvalue weighted by molar-refractivity contribution is 6.36. The topological polar surface area (TPSA) is 86.7 Å². The third kappa shape index (κ3) is 1.96. The number of benzene rings is 1. The molecule has 0 spiro atoms. The number of rotatable bonds is 1. The lowest BCUT2D eigenvalue weighted by Crippen LogP contribution is -2.21. The molecule has 1 aromatic carbocycles. The van der Waals surface area contributed by atoms with Crippen molar-refractivity contribution in [1.29, 1.82) is 0 Å². The molecular weight excluding hydrogens is 224 g/mol. The Morgan fingerprint density at radius 3 is 2.76 bits per heavy atom. The summed E-state index contributed by atoms with van der Waals surface area (Å²) in [5.74, 6) is -2.66. The summed E-state index contributed by atoms with van der Waals surface area (Å²) in [6, 6.07) is 4.85. The van der Waals surface area contributed by atoms with Gasteiger partial charge in [0, 0.05) is 18.4 Å². The second-order valence-electron chi connectivity index (χ2n) is 3.73. The summed E-state index contributed by atoms with van der Waals surface area (Å²) in [6.07, 6.45) is 0.266. The lowest BCUT2D eigenvalue weighted by Gasteiger charge is -2.10. The predicted molar refractivity (Wildman–Crippen MR) is 59.8 cm³/mol. The van der Waals surface area contributed by atoms with Gasteiger partial charge in [0.1, 0.15) is 0 Å². The molecule has 1 aliphatic rings. The Morgan fingerprint density at radius 2 is 2.12 bits per heavy atom. The molecule has 0 aromatic heterocycles. The van der Waals surface area contributed by atoms with Gasteiger partial charge in [-0.15, -0.1) is 0 Å². The van der Waals surface area contributed by atoms with E-state index < -0.39 is 11.9 Å². The highest BCUT2D eigenvalue weighted by atomic mass is 16.4. The molecule has 0 fully saturated rings. The zero-order chi connectivity index (χ0) is 12.6. The maximum Gasteiger partial charge on any atom is 0.394 e. The fourth-order valence-electron chi connectivity index (χ4n) is 1.73. The predicted octanol–water partition coefficient (Wildman–Crippen LogP) is 0.229. The number of carboxylic acids is 1. The number of amides is 2. The van der Waals surface area contributed by atoms with Gasteiger partial charge in [0.15, 0.2) is 0 Å². The van der Waals surface area contributed by atoms with Crippen molar-refractivity contribution < 1.29 is 19.5 Å². The average Bonchev–Trinajstić information content (AvgIpc) is 2.54. The molecule has 6 nitrogen and oxygen atoms in total. The van der Waals surface area contributed by atoms with E-state index in [-0.39, 0.29) is 12.3 Å². The van der Waals surface area contributed by atoms with Gasteiger partial charge in [0.05, 0.1) is 6.42 Å². The summed E-state index contributed by atoms with van der Waals surface area (Å²) in [5, 5.41) is 10.7. The molecule has 17 heavy (non-hydrogen) atoms. The number of nitrogens with one attached hydrogen (secondary N) is 1. The van der Waals surface area contributed by atoms with E-state index in [9.17, 15) is 14.4 Å². The molecular formula is C11H10N2O4. The van der Waals surface area contributed by atoms with E-state index in [1.807, 2.05) is 0 Å². The van der Waals surface area contributed by atoms with Crippen LogP contribution in [0.1, 0.15) is 5.56 Å². The van der Waals surface area contributed by atoms with Crippen molar-refractivity contribution in [2.24, 2.45) is 0 Å². The quantitative estimate of drug-likeness (QED) is 0.681. The molecule has 2 rings (SSSR count). The molecule has 0 radical (unpaired) electrons. The Labute approximate surface area is 96.8 Å². The molecule has 6 heteroatoms. The molecule has 0 saturated carbocycles. The largest absolute Gasteiger partial charge is 0.474 e. The smallest absolute Gasteiger partial charge is 0.394 e. The van der Waals surface area contributed by atoms with E-state index in [2.05, 4.69) is 5.32 Å². The van der Waals surface area contributed by atoms with Gasteiger partial charge in [0.25, 0.3) is 0 Å². The Bertz CT molecular complexity index is 524. The zero-order valence-corrected chi connectivity index (χ0v) is 9.06. The van der Waals surface area contributed by atoms with Crippen molar-refractivity contribution in [3.05, 3.63) is 23.8 Å². The van der Waals surface area contributed by atoms with Crippen LogP contribution in [0, 0.1) is 0 Å². The molecule has 0 saturated heterocycles. The van der Waals surface area contributed by atoms with Crippen LogP contribution in [-0.4, -0.2) is 29.9 Å². The maximum atomic E-state index is 11.4. The van der Waals surface area contributed by atoms with Crippen LogP contribution in [0.5, 0.6) is 0 Å².